The third-order valence-corrected chi connectivity index (χ3v) is 4.12. The minimum atomic E-state index is -0.187. The number of hydrogen-bond donors (Lipinski definition) is 1. The van der Waals surface area contributed by atoms with Gasteiger partial charge in [-0.2, -0.15) is 0 Å². The maximum absolute atomic E-state index is 12.3. The van der Waals surface area contributed by atoms with Crippen molar-refractivity contribution >= 4 is 17.5 Å². The zero-order valence-corrected chi connectivity index (χ0v) is 11.4. The van der Waals surface area contributed by atoms with E-state index in [1.165, 1.54) is 10.5 Å². The van der Waals surface area contributed by atoms with Crippen molar-refractivity contribution in [3.05, 3.63) is 65.2 Å². The molecule has 0 unspecified atom stereocenters. The smallest absolute Gasteiger partial charge is 0.261 e. The summed E-state index contributed by atoms with van der Waals surface area (Å²) in [7, 11) is 0. The lowest BCUT2D eigenvalue weighted by Crippen LogP contribution is -2.39. The number of hydrogen-bond acceptors (Lipinski definition) is 3. The standard InChI is InChI=1S/C17H14N2O2/c20-16-13-6-2-3-7-14(13)17(21)19(16)10-12-9-11-5-1-4-8-15(11)18-12/h1-8,12,18H,9-10H2/t12-/m1/s1. The van der Waals surface area contributed by atoms with Crippen molar-refractivity contribution in [1.29, 1.82) is 0 Å². The van der Waals surface area contributed by atoms with Crippen LogP contribution < -0.4 is 5.32 Å². The van der Waals surface area contributed by atoms with E-state index in [4.69, 9.17) is 0 Å². The van der Waals surface area contributed by atoms with Gasteiger partial charge in [-0.1, -0.05) is 30.3 Å². The Hall–Kier alpha value is -2.62. The largest absolute Gasteiger partial charge is 0.380 e. The number of para-hydroxylation sites is 1. The third kappa shape index (κ3) is 1.83. The van der Waals surface area contributed by atoms with Crippen LogP contribution >= 0.6 is 0 Å². The van der Waals surface area contributed by atoms with Crippen molar-refractivity contribution in [2.75, 3.05) is 11.9 Å². The van der Waals surface area contributed by atoms with Crippen LogP contribution in [0.5, 0.6) is 0 Å². The first-order valence-corrected chi connectivity index (χ1v) is 7.04. The van der Waals surface area contributed by atoms with Crippen LogP contribution in [0.3, 0.4) is 0 Å². The van der Waals surface area contributed by atoms with Gasteiger partial charge in [0.1, 0.15) is 0 Å². The molecular weight excluding hydrogens is 264 g/mol. The van der Waals surface area contributed by atoms with Gasteiger partial charge in [0.2, 0.25) is 0 Å². The van der Waals surface area contributed by atoms with E-state index < -0.39 is 0 Å². The summed E-state index contributed by atoms with van der Waals surface area (Å²) in [4.78, 5) is 26.0. The van der Waals surface area contributed by atoms with Gasteiger partial charge in [-0.3, -0.25) is 14.5 Å². The molecule has 1 atom stereocenters. The molecule has 4 nitrogen and oxygen atoms in total. The maximum atomic E-state index is 12.3. The van der Waals surface area contributed by atoms with E-state index in [2.05, 4.69) is 11.4 Å². The summed E-state index contributed by atoms with van der Waals surface area (Å²) >= 11 is 0. The summed E-state index contributed by atoms with van der Waals surface area (Å²) in [5.74, 6) is -0.373. The Morgan fingerprint density at radius 1 is 0.952 bits per heavy atom. The molecule has 2 heterocycles. The third-order valence-electron chi connectivity index (χ3n) is 4.12. The molecule has 4 rings (SSSR count). The minimum absolute atomic E-state index is 0.0876. The van der Waals surface area contributed by atoms with Gasteiger partial charge in [0.25, 0.3) is 11.8 Å². The lowest BCUT2D eigenvalue weighted by molar-refractivity contribution is 0.0648. The molecule has 2 amide bonds. The Bertz CT molecular complexity index is 694. The monoisotopic (exact) mass is 278 g/mol. The molecule has 4 heteroatoms. The van der Waals surface area contributed by atoms with Gasteiger partial charge in [0.05, 0.1) is 11.1 Å². The van der Waals surface area contributed by atoms with E-state index in [0.29, 0.717) is 17.7 Å². The van der Waals surface area contributed by atoms with Gasteiger partial charge in [0, 0.05) is 18.3 Å². The molecule has 0 fully saturated rings. The Balaban J connectivity index is 1.55. The minimum Gasteiger partial charge on any atom is -0.380 e. The fourth-order valence-electron chi connectivity index (χ4n) is 3.11. The van der Waals surface area contributed by atoms with E-state index in [0.717, 1.165) is 12.1 Å². The molecule has 2 aliphatic rings. The van der Waals surface area contributed by atoms with Gasteiger partial charge in [0.15, 0.2) is 0 Å². The molecule has 0 saturated carbocycles. The van der Waals surface area contributed by atoms with Crippen molar-refractivity contribution < 1.29 is 9.59 Å². The molecule has 2 aromatic rings. The molecule has 21 heavy (non-hydrogen) atoms. The highest BCUT2D eigenvalue weighted by Gasteiger charge is 2.37. The van der Waals surface area contributed by atoms with Crippen molar-refractivity contribution in [2.24, 2.45) is 0 Å². The van der Waals surface area contributed by atoms with Crippen molar-refractivity contribution in [3.8, 4) is 0 Å². The summed E-state index contributed by atoms with van der Waals surface area (Å²) in [6.45, 7) is 0.404. The number of imide groups is 1. The van der Waals surface area contributed by atoms with Crippen LogP contribution in [0, 0.1) is 0 Å². The number of carbonyl (C=O) groups is 2. The van der Waals surface area contributed by atoms with Gasteiger partial charge in [-0.15, -0.1) is 0 Å². The molecule has 0 bridgehead atoms. The first kappa shape index (κ1) is 12.1. The molecule has 0 radical (unpaired) electrons. The fourth-order valence-corrected chi connectivity index (χ4v) is 3.11. The van der Waals surface area contributed by atoms with Gasteiger partial charge in [-0.25, -0.2) is 0 Å². The predicted molar refractivity (Wildman–Crippen MR) is 79.4 cm³/mol. The second kappa shape index (κ2) is 4.45. The zero-order chi connectivity index (χ0) is 14.4. The van der Waals surface area contributed by atoms with Crippen molar-refractivity contribution in [3.63, 3.8) is 0 Å². The van der Waals surface area contributed by atoms with Gasteiger partial charge in [-0.05, 0) is 30.2 Å². The number of carbonyl (C=O) groups excluding carboxylic acids is 2. The van der Waals surface area contributed by atoms with Crippen LogP contribution in [0.2, 0.25) is 0 Å². The summed E-state index contributed by atoms with van der Waals surface area (Å²) < 4.78 is 0. The maximum Gasteiger partial charge on any atom is 0.261 e. The number of fused-ring (bicyclic) bond motifs is 2. The van der Waals surface area contributed by atoms with Crippen LogP contribution in [-0.4, -0.2) is 29.3 Å². The predicted octanol–water partition coefficient (Wildman–Crippen LogP) is 2.32. The van der Waals surface area contributed by atoms with E-state index >= 15 is 0 Å². The molecule has 2 aliphatic heterocycles. The number of rotatable bonds is 2. The summed E-state index contributed by atoms with van der Waals surface area (Å²) in [5.41, 5.74) is 3.36. The average molecular weight is 278 g/mol. The summed E-state index contributed by atoms with van der Waals surface area (Å²) in [6.07, 6.45) is 0.837. The average Bonchev–Trinajstić information content (AvgIpc) is 3.02. The van der Waals surface area contributed by atoms with Crippen molar-refractivity contribution in [1.82, 2.24) is 4.90 Å². The topological polar surface area (TPSA) is 49.4 Å². The number of benzene rings is 2. The zero-order valence-electron chi connectivity index (χ0n) is 11.4. The van der Waals surface area contributed by atoms with Crippen LogP contribution in [0.1, 0.15) is 26.3 Å². The molecule has 0 spiro atoms. The van der Waals surface area contributed by atoms with Crippen LogP contribution in [-0.2, 0) is 6.42 Å². The quantitative estimate of drug-likeness (QED) is 0.858. The normalized spacial score (nSPS) is 19.4. The van der Waals surface area contributed by atoms with E-state index in [-0.39, 0.29) is 17.9 Å². The lowest BCUT2D eigenvalue weighted by atomic mass is 10.1. The highest BCUT2D eigenvalue weighted by molar-refractivity contribution is 6.21. The molecule has 0 aliphatic carbocycles. The number of nitrogens with one attached hydrogen (secondary N) is 1. The second-order valence-electron chi connectivity index (χ2n) is 5.47. The van der Waals surface area contributed by atoms with Crippen LogP contribution in [0.15, 0.2) is 48.5 Å². The van der Waals surface area contributed by atoms with Crippen LogP contribution in [0.4, 0.5) is 5.69 Å². The van der Waals surface area contributed by atoms with Crippen molar-refractivity contribution in [2.45, 2.75) is 12.5 Å². The van der Waals surface area contributed by atoms with Gasteiger partial charge < -0.3 is 5.32 Å². The molecule has 0 saturated heterocycles. The SMILES string of the molecule is O=C1c2ccccc2C(=O)N1C[C@H]1Cc2ccccc2N1. The first-order chi connectivity index (χ1) is 10.2. The molecule has 104 valence electrons. The Labute approximate surface area is 122 Å². The van der Waals surface area contributed by atoms with E-state index in [9.17, 15) is 9.59 Å². The second-order valence-corrected chi connectivity index (χ2v) is 5.47. The molecule has 2 aromatic carbocycles. The lowest BCUT2D eigenvalue weighted by Gasteiger charge is -2.19. The van der Waals surface area contributed by atoms with E-state index in [1.807, 2.05) is 18.2 Å². The molecule has 0 aromatic heterocycles. The molecular formula is C17H14N2O2. The first-order valence-electron chi connectivity index (χ1n) is 7.04. The Morgan fingerprint density at radius 2 is 1.57 bits per heavy atom. The highest BCUT2D eigenvalue weighted by atomic mass is 16.2. The number of anilines is 1. The Kier molecular flexibility index (Phi) is 2.57. The fraction of sp³-hybridized carbons (Fsp3) is 0.176. The van der Waals surface area contributed by atoms with Crippen LogP contribution in [0.25, 0.3) is 0 Å². The Morgan fingerprint density at radius 3 is 2.24 bits per heavy atom. The highest BCUT2D eigenvalue weighted by Crippen LogP contribution is 2.28. The molecule has 1 N–H and O–H groups in total. The summed E-state index contributed by atoms with van der Waals surface area (Å²) in [6, 6.07) is 15.2. The van der Waals surface area contributed by atoms with Gasteiger partial charge >= 0.3 is 0 Å². The van der Waals surface area contributed by atoms with E-state index in [1.54, 1.807) is 24.3 Å². The summed E-state index contributed by atoms with van der Waals surface area (Å²) in [5, 5.41) is 3.38. The number of amides is 2. The number of nitrogens with zero attached hydrogens (tertiary/aromatic N) is 1.